The van der Waals surface area contributed by atoms with Gasteiger partial charge in [-0.3, -0.25) is 5.10 Å². The zero-order valence-electron chi connectivity index (χ0n) is 10.3. The molecule has 0 spiro atoms. The van der Waals surface area contributed by atoms with Gasteiger partial charge in [0, 0.05) is 17.4 Å². The van der Waals surface area contributed by atoms with Crippen molar-refractivity contribution in [2.75, 3.05) is 19.1 Å². The highest BCUT2D eigenvalue weighted by Crippen LogP contribution is 2.35. The van der Waals surface area contributed by atoms with Crippen LogP contribution in [-0.2, 0) is 9.84 Å². The van der Waals surface area contributed by atoms with Crippen LogP contribution in [-0.4, -0.2) is 32.0 Å². The Morgan fingerprint density at radius 1 is 1.37 bits per heavy atom. The number of nitrogens with one attached hydrogen (secondary N) is 1. The van der Waals surface area contributed by atoms with E-state index in [2.05, 4.69) is 10.2 Å². The van der Waals surface area contributed by atoms with E-state index < -0.39 is 20.5 Å². The Balaban J connectivity index is 2.78. The molecule has 0 saturated heterocycles. The van der Waals surface area contributed by atoms with Crippen LogP contribution in [0.15, 0.2) is 23.2 Å². The van der Waals surface area contributed by atoms with Gasteiger partial charge < -0.3 is 10.5 Å². The average molecular weight is 285 g/mol. The molecule has 2 rings (SSSR count). The first kappa shape index (κ1) is 13.3. The van der Waals surface area contributed by atoms with E-state index in [0.717, 1.165) is 6.26 Å². The zero-order chi connectivity index (χ0) is 14.2. The molecule has 6 nitrogen and oxygen atoms in total. The van der Waals surface area contributed by atoms with E-state index in [4.69, 9.17) is 10.5 Å². The van der Waals surface area contributed by atoms with Crippen molar-refractivity contribution in [2.45, 2.75) is 4.90 Å². The summed E-state index contributed by atoms with van der Waals surface area (Å²) in [4.78, 5) is -0.492. The summed E-state index contributed by atoms with van der Waals surface area (Å²) in [6.45, 7) is 0. The third-order valence-corrected chi connectivity index (χ3v) is 3.73. The topological polar surface area (TPSA) is 98.1 Å². The van der Waals surface area contributed by atoms with Gasteiger partial charge in [-0.25, -0.2) is 12.8 Å². The lowest BCUT2D eigenvalue weighted by Gasteiger charge is -2.11. The van der Waals surface area contributed by atoms with Crippen LogP contribution in [0, 0.1) is 5.82 Å². The molecule has 0 aliphatic heterocycles. The van der Waals surface area contributed by atoms with E-state index in [1.807, 2.05) is 0 Å². The predicted molar refractivity (Wildman–Crippen MR) is 68.1 cm³/mol. The molecular weight excluding hydrogens is 273 g/mol. The molecule has 8 heteroatoms. The first-order valence-corrected chi connectivity index (χ1v) is 7.11. The Morgan fingerprint density at radius 2 is 2.05 bits per heavy atom. The van der Waals surface area contributed by atoms with E-state index in [1.54, 1.807) is 0 Å². The number of aromatic amines is 1. The van der Waals surface area contributed by atoms with Gasteiger partial charge in [-0.15, -0.1) is 0 Å². The standard InChI is InChI=1S/C11H12FN3O3S/c1-18-8-4-3-6(7-5-14-15-11(7)13)9(12)10(8)19(2,16)17/h3-5H,1-2H3,(H3,13,14,15). The fourth-order valence-corrected chi connectivity index (χ4v) is 2.72. The van der Waals surface area contributed by atoms with Gasteiger partial charge in [-0.1, -0.05) is 0 Å². The van der Waals surface area contributed by atoms with E-state index >= 15 is 0 Å². The predicted octanol–water partition coefficient (Wildman–Crippen LogP) is 1.21. The average Bonchev–Trinajstić information content (AvgIpc) is 2.73. The maximum Gasteiger partial charge on any atom is 0.182 e. The lowest BCUT2D eigenvalue weighted by Crippen LogP contribution is -2.05. The highest BCUT2D eigenvalue weighted by Gasteiger charge is 2.24. The first-order valence-electron chi connectivity index (χ1n) is 5.22. The van der Waals surface area contributed by atoms with Crippen LogP contribution in [0.25, 0.3) is 11.1 Å². The van der Waals surface area contributed by atoms with Crippen molar-refractivity contribution in [3.8, 4) is 16.9 Å². The van der Waals surface area contributed by atoms with Gasteiger partial charge in [0.05, 0.1) is 13.3 Å². The number of sulfone groups is 1. The minimum atomic E-state index is -3.77. The molecule has 0 fully saturated rings. The minimum Gasteiger partial charge on any atom is -0.495 e. The second-order valence-corrected chi connectivity index (χ2v) is 5.88. The summed E-state index contributed by atoms with van der Waals surface area (Å²) < 4.78 is 42.6. The van der Waals surface area contributed by atoms with Crippen molar-refractivity contribution in [2.24, 2.45) is 0 Å². The number of aromatic nitrogens is 2. The molecule has 0 bridgehead atoms. The number of halogens is 1. The van der Waals surface area contributed by atoms with Crippen LogP contribution < -0.4 is 10.5 Å². The molecule has 0 aliphatic rings. The Bertz CT molecular complexity index is 725. The van der Waals surface area contributed by atoms with Crippen molar-refractivity contribution in [3.63, 3.8) is 0 Å². The number of nitrogen functional groups attached to an aromatic ring is 1. The Hall–Kier alpha value is -2.09. The summed E-state index contributed by atoms with van der Waals surface area (Å²) in [6.07, 6.45) is 2.24. The molecule has 0 radical (unpaired) electrons. The van der Waals surface area contributed by atoms with Crippen LogP contribution in [0.1, 0.15) is 0 Å². The first-order chi connectivity index (χ1) is 8.86. The molecule has 0 atom stereocenters. The normalized spacial score (nSPS) is 11.5. The number of ether oxygens (including phenoxy) is 1. The molecule has 19 heavy (non-hydrogen) atoms. The lowest BCUT2D eigenvalue weighted by atomic mass is 10.1. The number of nitrogens with two attached hydrogens (primary N) is 1. The molecule has 0 saturated carbocycles. The lowest BCUT2D eigenvalue weighted by molar-refractivity contribution is 0.395. The fraction of sp³-hybridized carbons (Fsp3) is 0.182. The molecule has 1 aromatic heterocycles. The summed E-state index contributed by atoms with van der Waals surface area (Å²) >= 11 is 0. The molecule has 102 valence electrons. The Labute approximate surface area is 109 Å². The second kappa shape index (κ2) is 4.54. The van der Waals surface area contributed by atoms with Gasteiger partial charge in [-0.2, -0.15) is 5.10 Å². The molecule has 3 N–H and O–H groups in total. The minimum absolute atomic E-state index is 0.0486. The van der Waals surface area contributed by atoms with Crippen LogP contribution in [0.3, 0.4) is 0 Å². The third kappa shape index (κ3) is 2.26. The smallest absolute Gasteiger partial charge is 0.182 e. The van der Waals surface area contributed by atoms with Crippen LogP contribution in [0.2, 0.25) is 0 Å². The molecule has 1 heterocycles. The molecular formula is C11H12FN3O3S. The largest absolute Gasteiger partial charge is 0.495 e. The summed E-state index contributed by atoms with van der Waals surface area (Å²) in [5.41, 5.74) is 5.95. The third-order valence-electron chi connectivity index (χ3n) is 2.61. The summed E-state index contributed by atoms with van der Waals surface area (Å²) in [5.74, 6) is -0.802. The van der Waals surface area contributed by atoms with Gasteiger partial charge in [0.25, 0.3) is 0 Å². The molecule has 1 aromatic carbocycles. The molecule has 2 aromatic rings. The van der Waals surface area contributed by atoms with Gasteiger partial charge >= 0.3 is 0 Å². The Kier molecular flexibility index (Phi) is 3.19. The van der Waals surface area contributed by atoms with Gasteiger partial charge in [0.1, 0.15) is 16.5 Å². The second-order valence-electron chi connectivity index (χ2n) is 3.93. The maximum absolute atomic E-state index is 14.4. The fourth-order valence-electron chi connectivity index (χ4n) is 1.76. The van der Waals surface area contributed by atoms with Crippen molar-refractivity contribution in [1.82, 2.24) is 10.2 Å². The van der Waals surface area contributed by atoms with E-state index in [0.29, 0.717) is 5.56 Å². The number of anilines is 1. The number of benzene rings is 1. The van der Waals surface area contributed by atoms with Crippen molar-refractivity contribution < 1.29 is 17.5 Å². The summed E-state index contributed by atoms with van der Waals surface area (Å²) in [5, 5.41) is 6.14. The highest BCUT2D eigenvalue weighted by molar-refractivity contribution is 7.90. The highest BCUT2D eigenvalue weighted by atomic mass is 32.2. The van der Waals surface area contributed by atoms with E-state index in [-0.39, 0.29) is 17.1 Å². The Morgan fingerprint density at radius 3 is 2.53 bits per heavy atom. The molecule has 0 amide bonds. The van der Waals surface area contributed by atoms with Gasteiger partial charge in [-0.05, 0) is 12.1 Å². The molecule has 0 unspecified atom stereocenters. The van der Waals surface area contributed by atoms with Crippen molar-refractivity contribution >= 4 is 15.7 Å². The number of nitrogens with zero attached hydrogens (tertiary/aromatic N) is 1. The number of methoxy groups -OCH3 is 1. The number of hydrogen-bond donors (Lipinski definition) is 2. The summed E-state index contributed by atoms with van der Waals surface area (Å²) in [6, 6.07) is 2.77. The maximum atomic E-state index is 14.4. The van der Waals surface area contributed by atoms with E-state index in [1.165, 1.54) is 25.4 Å². The SMILES string of the molecule is COc1ccc(-c2cn[nH]c2N)c(F)c1S(C)(=O)=O. The van der Waals surface area contributed by atoms with Crippen molar-refractivity contribution in [3.05, 3.63) is 24.1 Å². The van der Waals surface area contributed by atoms with Crippen LogP contribution in [0.5, 0.6) is 5.75 Å². The monoisotopic (exact) mass is 285 g/mol. The van der Waals surface area contributed by atoms with Crippen LogP contribution in [0.4, 0.5) is 10.2 Å². The van der Waals surface area contributed by atoms with Gasteiger partial charge in [0.2, 0.25) is 0 Å². The van der Waals surface area contributed by atoms with Crippen LogP contribution >= 0.6 is 0 Å². The zero-order valence-corrected chi connectivity index (χ0v) is 11.1. The van der Waals surface area contributed by atoms with Gasteiger partial charge in [0.15, 0.2) is 15.7 Å². The van der Waals surface area contributed by atoms with E-state index in [9.17, 15) is 12.8 Å². The van der Waals surface area contributed by atoms with Crippen molar-refractivity contribution in [1.29, 1.82) is 0 Å². The number of H-pyrrole nitrogens is 1. The number of rotatable bonds is 3. The summed E-state index contributed by atoms with van der Waals surface area (Å²) in [7, 11) is -2.50. The number of hydrogen-bond acceptors (Lipinski definition) is 5. The molecule has 0 aliphatic carbocycles. The quantitative estimate of drug-likeness (QED) is 0.883.